The zero-order valence-corrected chi connectivity index (χ0v) is 20.7. The van der Waals surface area contributed by atoms with Crippen molar-refractivity contribution in [3.05, 3.63) is 53.1 Å². The topological polar surface area (TPSA) is 130 Å². The Morgan fingerprint density at radius 3 is 2.53 bits per heavy atom. The number of alkyl halides is 2. The van der Waals surface area contributed by atoms with Gasteiger partial charge in [0.1, 0.15) is 23.2 Å². The lowest BCUT2D eigenvalue weighted by Gasteiger charge is -2.23. The van der Waals surface area contributed by atoms with Gasteiger partial charge in [0.2, 0.25) is 6.23 Å². The highest BCUT2D eigenvalue weighted by Crippen LogP contribution is 2.48. The smallest absolute Gasteiger partial charge is 0.458 e. The maximum atomic E-state index is 14.8. The van der Waals surface area contributed by atoms with Crippen molar-refractivity contribution in [2.24, 2.45) is 0 Å². The number of hydrogen-bond acceptors (Lipinski definition) is 9. The van der Waals surface area contributed by atoms with E-state index >= 15 is 0 Å². The van der Waals surface area contributed by atoms with Gasteiger partial charge in [-0.3, -0.25) is 13.9 Å². The molecule has 2 aliphatic rings. The molecule has 2 fully saturated rings. The van der Waals surface area contributed by atoms with Gasteiger partial charge in [-0.1, -0.05) is 18.2 Å². The molecule has 36 heavy (non-hydrogen) atoms. The molecule has 2 saturated heterocycles. The third kappa shape index (κ3) is 5.92. The fourth-order valence-corrected chi connectivity index (χ4v) is 5.49. The largest absolute Gasteiger partial charge is 0.459 e. The first-order chi connectivity index (χ1) is 16.9. The van der Waals surface area contributed by atoms with Crippen LogP contribution < -0.4 is 20.6 Å². The van der Waals surface area contributed by atoms with Crippen LogP contribution in [0.1, 0.15) is 32.9 Å². The number of rotatable bonds is 9. The molecular formula is C22H27F2N4O7P. The number of cyclic esters (lactones) is 1. The molecule has 4 rings (SSSR count). The fraction of sp³-hybridized carbons (Fsp3) is 0.500. The van der Waals surface area contributed by atoms with Crippen molar-refractivity contribution >= 4 is 19.5 Å². The van der Waals surface area contributed by atoms with Crippen LogP contribution in [0.5, 0.6) is 5.75 Å². The van der Waals surface area contributed by atoms with Crippen LogP contribution in [0.2, 0.25) is 0 Å². The Kier molecular flexibility index (Phi) is 7.20. The first-order valence-corrected chi connectivity index (χ1v) is 12.7. The van der Waals surface area contributed by atoms with Crippen molar-refractivity contribution in [2.45, 2.75) is 56.6 Å². The molecule has 1 aromatic carbocycles. The summed E-state index contributed by atoms with van der Waals surface area (Å²) in [7, 11) is -2.72. The molecule has 2 N–H and O–H groups in total. The summed E-state index contributed by atoms with van der Waals surface area (Å²) in [5.74, 6) is -3.67. The van der Waals surface area contributed by atoms with Gasteiger partial charge in [0.25, 0.3) is 5.92 Å². The molecule has 0 spiro atoms. The van der Waals surface area contributed by atoms with Gasteiger partial charge in [-0.25, -0.2) is 18.1 Å². The van der Waals surface area contributed by atoms with Crippen molar-refractivity contribution in [3.8, 4) is 5.75 Å². The van der Waals surface area contributed by atoms with E-state index in [1.54, 1.807) is 32.0 Å². The molecule has 2 aromatic rings. The average Bonchev–Trinajstić information content (AvgIpc) is 3.25. The highest BCUT2D eigenvalue weighted by molar-refractivity contribution is 7.52. The number of ether oxygens (including phenoxy) is 2. The second kappa shape index (κ2) is 9.89. The number of hydrogen-bond donors (Lipinski definition) is 2. The van der Waals surface area contributed by atoms with E-state index < -0.39 is 62.3 Å². The molecule has 0 saturated carbocycles. The van der Waals surface area contributed by atoms with Crippen molar-refractivity contribution in [1.29, 1.82) is 0 Å². The molecule has 2 aliphatic heterocycles. The molecule has 3 heterocycles. The Bertz CT molecular complexity index is 1210. The summed E-state index contributed by atoms with van der Waals surface area (Å²) in [6, 6.07) is 8.42. The molecule has 14 heteroatoms. The minimum absolute atomic E-state index is 0.178. The lowest BCUT2D eigenvalue weighted by Crippen LogP contribution is -2.35. The van der Waals surface area contributed by atoms with E-state index in [0.717, 1.165) is 6.20 Å². The van der Waals surface area contributed by atoms with Crippen LogP contribution in [0.3, 0.4) is 0 Å². The first-order valence-electron chi connectivity index (χ1n) is 11.2. The summed E-state index contributed by atoms with van der Waals surface area (Å²) in [5.41, 5.74) is -1.71. The zero-order chi connectivity index (χ0) is 26.1. The first kappa shape index (κ1) is 26.2. The Hall–Kier alpha value is -2.86. The molecule has 0 bridgehead atoms. The number of aromatic nitrogens is 2. The fourth-order valence-electron chi connectivity index (χ4n) is 3.97. The number of carbonyl (C=O) groups is 1. The summed E-state index contributed by atoms with van der Waals surface area (Å²) < 4.78 is 65.6. The van der Waals surface area contributed by atoms with Gasteiger partial charge in [0, 0.05) is 26.1 Å². The van der Waals surface area contributed by atoms with E-state index in [0.29, 0.717) is 4.57 Å². The van der Waals surface area contributed by atoms with Gasteiger partial charge in [-0.05, 0) is 32.0 Å². The van der Waals surface area contributed by atoms with E-state index in [1.807, 2.05) is 0 Å². The Morgan fingerprint density at radius 1 is 1.19 bits per heavy atom. The van der Waals surface area contributed by atoms with Gasteiger partial charge in [0.05, 0.1) is 12.7 Å². The predicted molar refractivity (Wildman–Crippen MR) is 124 cm³/mol. The van der Waals surface area contributed by atoms with Gasteiger partial charge in [-0.15, -0.1) is 0 Å². The molecular weight excluding hydrogens is 501 g/mol. The summed E-state index contributed by atoms with van der Waals surface area (Å²) >= 11 is 0. The van der Waals surface area contributed by atoms with E-state index in [9.17, 15) is 22.9 Å². The molecule has 4 unspecified atom stereocenters. The normalized spacial score (nSPS) is 26.2. The molecule has 196 valence electrons. The van der Waals surface area contributed by atoms with Crippen LogP contribution >= 0.6 is 7.75 Å². The second-order valence-electron chi connectivity index (χ2n) is 9.09. The van der Waals surface area contributed by atoms with Crippen molar-refractivity contribution in [3.63, 3.8) is 0 Å². The van der Waals surface area contributed by atoms with Gasteiger partial charge in [-0.2, -0.15) is 10.1 Å². The van der Waals surface area contributed by atoms with Gasteiger partial charge in [0.15, 0.2) is 0 Å². The predicted octanol–water partition coefficient (Wildman–Crippen LogP) is 3.10. The lowest BCUT2D eigenvalue weighted by atomic mass is 10.0. The average molecular weight is 528 g/mol. The third-order valence-corrected chi connectivity index (χ3v) is 7.16. The number of nitrogens with one attached hydrogen (secondary N) is 2. The molecule has 1 aromatic heterocycles. The highest BCUT2D eigenvalue weighted by atomic mass is 31.2. The van der Waals surface area contributed by atoms with Gasteiger partial charge < -0.3 is 19.3 Å². The standard InChI is InChI=1S/C22H27F2N4O7P/c1-21(2)12-16(18(29)34-21)27-36(31,35-14-7-5-4-6-8-14)32-13-15-11-22(23,24)19(33-15)28-10-9-17(25-3)26-20(28)30/h4-10,15-16,19H,11-13H2,1-3H3,(H,27,31)(H,25,26,30). The van der Waals surface area contributed by atoms with E-state index in [-0.39, 0.29) is 18.0 Å². The van der Waals surface area contributed by atoms with E-state index in [2.05, 4.69) is 15.4 Å². The van der Waals surface area contributed by atoms with Crippen LogP contribution in [-0.4, -0.2) is 52.8 Å². The molecule has 4 atom stereocenters. The number of halogens is 2. The molecule has 0 radical (unpaired) electrons. The van der Waals surface area contributed by atoms with Crippen molar-refractivity contribution in [1.82, 2.24) is 14.6 Å². The number of para-hydroxylation sites is 1. The molecule has 11 nitrogen and oxygen atoms in total. The second-order valence-corrected chi connectivity index (χ2v) is 10.8. The van der Waals surface area contributed by atoms with Crippen LogP contribution in [0.25, 0.3) is 0 Å². The van der Waals surface area contributed by atoms with Crippen LogP contribution in [0.4, 0.5) is 14.6 Å². The summed E-state index contributed by atoms with van der Waals surface area (Å²) in [6.07, 6.45) is -2.62. The van der Waals surface area contributed by atoms with Crippen LogP contribution in [0.15, 0.2) is 47.4 Å². The lowest BCUT2D eigenvalue weighted by molar-refractivity contribution is -0.147. The number of anilines is 1. The van der Waals surface area contributed by atoms with E-state index in [1.165, 1.54) is 25.2 Å². The van der Waals surface area contributed by atoms with Crippen LogP contribution in [0, 0.1) is 0 Å². The summed E-state index contributed by atoms with van der Waals surface area (Å²) in [5, 5.41) is 5.23. The number of benzene rings is 1. The Morgan fingerprint density at radius 2 is 1.92 bits per heavy atom. The van der Waals surface area contributed by atoms with Crippen LogP contribution in [-0.2, 0) is 23.4 Å². The van der Waals surface area contributed by atoms with Crippen molar-refractivity contribution in [2.75, 3.05) is 19.0 Å². The minimum Gasteiger partial charge on any atom is -0.458 e. The van der Waals surface area contributed by atoms with Crippen molar-refractivity contribution < 1.29 is 36.7 Å². The monoisotopic (exact) mass is 528 g/mol. The highest BCUT2D eigenvalue weighted by Gasteiger charge is 2.53. The maximum absolute atomic E-state index is 14.8. The van der Waals surface area contributed by atoms with Gasteiger partial charge >= 0.3 is 19.4 Å². The number of carbonyl (C=O) groups excluding carboxylic acids is 1. The third-order valence-electron chi connectivity index (χ3n) is 5.59. The maximum Gasteiger partial charge on any atom is 0.459 e. The zero-order valence-electron chi connectivity index (χ0n) is 19.9. The summed E-state index contributed by atoms with van der Waals surface area (Å²) in [6.45, 7) is 2.83. The Balaban J connectivity index is 1.49. The number of esters is 1. The molecule has 0 aliphatic carbocycles. The SMILES string of the molecule is CNc1ccn(C2OC(COP(=O)(NC3CC(C)(C)OC3=O)Oc3ccccc3)CC2(F)F)c(=O)n1. The minimum atomic E-state index is -4.26. The van der Waals surface area contributed by atoms with E-state index in [4.69, 9.17) is 18.5 Å². The summed E-state index contributed by atoms with van der Waals surface area (Å²) in [4.78, 5) is 28.2. The number of nitrogens with zero attached hydrogens (tertiary/aromatic N) is 2. The molecule has 0 amide bonds. The Labute approximate surface area is 205 Å². The quantitative estimate of drug-likeness (QED) is 0.370.